The van der Waals surface area contributed by atoms with Crippen LogP contribution < -0.4 is 11.1 Å². The molecule has 1 amide bonds. The monoisotopic (exact) mass is 322 g/mol. The van der Waals surface area contributed by atoms with Gasteiger partial charge in [-0.15, -0.1) is 0 Å². The second kappa shape index (κ2) is 6.51. The van der Waals surface area contributed by atoms with E-state index in [1.54, 1.807) is 20.8 Å². The number of alkyl carbamates (subject to hydrolysis) is 1. The van der Waals surface area contributed by atoms with E-state index >= 15 is 0 Å². The Morgan fingerprint density at radius 3 is 2.36 bits per heavy atom. The van der Waals surface area contributed by atoms with Crippen molar-refractivity contribution in [2.24, 2.45) is 5.73 Å². The van der Waals surface area contributed by atoms with Crippen molar-refractivity contribution in [3.8, 4) is 0 Å². The van der Waals surface area contributed by atoms with E-state index in [0.717, 1.165) is 12.1 Å². The predicted molar refractivity (Wildman–Crippen MR) is 72.6 cm³/mol. The van der Waals surface area contributed by atoms with Gasteiger partial charge in [-0.1, -0.05) is 6.07 Å². The van der Waals surface area contributed by atoms with Gasteiger partial charge in [0.1, 0.15) is 11.4 Å². The third kappa shape index (κ3) is 5.18. The molecule has 0 spiro atoms. The molecule has 1 aromatic rings. The number of ether oxygens (including phenoxy) is 1. The van der Waals surface area contributed by atoms with Crippen molar-refractivity contribution in [3.05, 3.63) is 35.1 Å². The summed E-state index contributed by atoms with van der Waals surface area (Å²) in [6.45, 7) is 4.54. The van der Waals surface area contributed by atoms with Gasteiger partial charge < -0.3 is 15.8 Å². The molecule has 1 atom stereocenters. The van der Waals surface area contributed by atoms with Gasteiger partial charge in [0, 0.05) is 6.54 Å². The van der Waals surface area contributed by atoms with E-state index < -0.39 is 35.3 Å². The van der Waals surface area contributed by atoms with Crippen LogP contribution in [0.1, 0.15) is 37.9 Å². The highest BCUT2D eigenvalue weighted by atomic mass is 19.4. The Hall–Kier alpha value is -1.83. The molecule has 0 aliphatic rings. The fraction of sp³-hybridized carbons (Fsp3) is 0.500. The molecule has 3 N–H and O–H groups in total. The average Bonchev–Trinajstić information content (AvgIpc) is 2.33. The van der Waals surface area contributed by atoms with E-state index in [2.05, 4.69) is 5.32 Å². The summed E-state index contributed by atoms with van der Waals surface area (Å²) in [5.41, 5.74) is 3.13. The zero-order valence-corrected chi connectivity index (χ0v) is 12.4. The van der Waals surface area contributed by atoms with Crippen molar-refractivity contribution in [2.45, 2.75) is 38.6 Å². The Morgan fingerprint density at radius 2 is 1.91 bits per heavy atom. The number of benzene rings is 1. The highest BCUT2D eigenvalue weighted by molar-refractivity contribution is 5.68. The zero-order valence-electron chi connectivity index (χ0n) is 12.4. The third-order valence-corrected chi connectivity index (χ3v) is 2.62. The summed E-state index contributed by atoms with van der Waals surface area (Å²) in [5.74, 6) is -1.02. The lowest BCUT2D eigenvalue weighted by Gasteiger charge is -2.25. The van der Waals surface area contributed by atoms with Gasteiger partial charge in [0.05, 0.1) is 11.6 Å². The van der Waals surface area contributed by atoms with E-state index in [1.165, 1.54) is 0 Å². The van der Waals surface area contributed by atoms with Crippen LogP contribution in [0.4, 0.5) is 22.4 Å². The molecular weight excluding hydrogens is 304 g/mol. The van der Waals surface area contributed by atoms with Crippen LogP contribution in [-0.4, -0.2) is 18.2 Å². The van der Waals surface area contributed by atoms with Gasteiger partial charge in [-0.2, -0.15) is 13.2 Å². The molecule has 1 rings (SSSR count). The van der Waals surface area contributed by atoms with Crippen LogP contribution >= 0.6 is 0 Å². The molecule has 0 heterocycles. The molecule has 8 heteroatoms. The predicted octanol–water partition coefficient (Wildman–Crippen LogP) is 3.37. The van der Waals surface area contributed by atoms with Gasteiger partial charge in [-0.25, -0.2) is 9.18 Å². The largest absolute Gasteiger partial charge is 0.444 e. The first kappa shape index (κ1) is 18.2. The molecule has 0 radical (unpaired) electrons. The van der Waals surface area contributed by atoms with Crippen LogP contribution in [0, 0.1) is 5.82 Å². The summed E-state index contributed by atoms with van der Waals surface area (Å²) in [7, 11) is 0. The number of nitrogens with two attached hydrogens (primary N) is 1. The second-order valence-electron chi connectivity index (χ2n) is 5.66. The van der Waals surface area contributed by atoms with Gasteiger partial charge in [0.15, 0.2) is 0 Å². The van der Waals surface area contributed by atoms with E-state index in [-0.39, 0.29) is 12.1 Å². The van der Waals surface area contributed by atoms with Crippen molar-refractivity contribution in [2.75, 3.05) is 6.54 Å². The van der Waals surface area contributed by atoms with Gasteiger partial charge >= 0.3 is 12.3 Å². The van der Waals surface area contributed by atoms with E-state index in [1.807, 2.05) is 0 Å². The normalized spacial score (nSPS) is 13.6. The minimum absolute atomic E-state index is 0.298. The number of carbonyl (C=O) groups is 1. The lowest BCUT2D eigenvalue weighted by Crippen LogP contribution is -2.38. The van der Waals surface area contributed by atoms with E-state index in [0.29, 0.717) is 6.07 Å². The molecule has 0 saturated carbocycles. The van der Waals surface area contributed by atoms with Crippen LogP contribution in [0.3, 0.4) is 0 Å². The summed E-state index contributed by atoms with van der Waals surface area (Å²) < 4.78 is 57.0. The lowest BCUT2D eigenvalue weighted by molar-refractivity contribution is -0.138. The highest BCUT2D eigenvalue weighted by Gasteiger charge is 2.36. The Bertz CT molecular complexity index is 539. The molecule has 0 aliphatic heterocycles. The fourth-order valence-electron chi connectivity index (χ4n) is 1.79. The first-order valence-electron chi connectivity index (χ1n) is 6.50. The number of alkyl halides is 3. The minimum Gasteiger partial charge on any atom is -0.444 e. The van der Waals surface area contributed by atoms with Crippen LogP contribution in [0.15, 0.2) is 18.2 Å². The number of hydrogen-bond acceptors (Lipinski definition) is 3. The fourth-order valence-corrected chi connectivity index (χ4v) is 1.79. The van der Waals surface area contributed by atoms with Gasteiger partial charge in [-0.3, -0.25) is 0 Å². The molecule has 0 saturated heterocycles. The molecule has 1 aromatic carbocycles. The Kier molecular flexibility index (Phi) is 5.39. The summed E-state index contributed by atoms with van der Waals surface area (Å²) in [5, 5.41) is 2.26. The highest BCUT2D eigenvalue weighted by Crippen LogP contribution is 2.35. The molecule has 0 aliphatic carbocycles. The van der Waals surface area contributed by atoms with Crippen molar-refractivity contribution in [1.82, 2.24) is 5.32 Å². The summed E-state index contributed by atoms with van der Waals surface area (Å²) in [6.07, 6.45) is -5.67. The average molecular weight is 322 g/mol. The summed E-state index contributed by atoms with van der Waals surface area (Å²) >= 11 is 0. The zero-order chi connectivity index (χ0) is 17.1. The molecule has 0 fully saturated rings. The number of hydrogen-bond donors (Lipinski definition) is 2. The van der Waals surface area contributed by atoms with Crippen LogP contribution in [0.5, 0.6) is 0 Å². The van der Waals surface area contributed by atoms with E-state index in [4.69, 9.17) is 10.5 Å². The Labute approximate surface area is 125 Å². The maximum atomic E-state index is 13.1. The molecule has 22 heavy (non-hydrogen) atoms. The molecule has 1 unspecified atom stereocenters. The number of carbonyl (C=O) groups excluding carboxylic acids is 1. The molecule has 124 valence electrons. The number of amides is 1. The number of nitrogens with one attached hydrogen (secondary N) is 1. The second-order valence-corrected chi connectivity index (χ2v) is 5.66. The number of halogens is 4. The van der Waals surface area contributed by atoms with Crippen molar-refractivity contribution < 1.29 is 27.1 Å². The minimum atomic E-state index is -4.76. The molecular formula is C14H18F4N2O2. The Morgan fingerprint density at radius 1 is 1.32 bits per heavy atom. The van der Waals surface area contributed by atoms with Crippen molar-refractivity contribution in [1.29, 1.82) is 0 Å². The van der Waals surface area contributed by atoms with Crippen LogP contribution in [0.2, 0.25) is 0 Å². The topological polar surface area (TPSA) is 64.3 Å². The first-order valence-corrected chi connectivity index (χ1v) is 6.50. The van der Waals surface area contributed by atoms with Gasteiger partial charge in [-0.05, 0) is 38.5 Å². The SMILES string of the molecule is CC(C)(C)OC(=O)NC(CN)c1ccc(F)cc1C(F)(F)F. The Balaban J connectivity index is 3.08. The standard InChI is InChI=1S/C14H18F4N2O2/c1-13(2,3)22-12(21)20-11(7-19)9-5-4-8(15)6-10(9)14(16,17)18/h4-6,11H,7,19H2,1-3H3,(H,20,21). The maximum absolute atomic E-state index is 13.1. The van der Waals surface area contributed by atoms with Crippen LogP contribution in [-0.2, 0) is 10.9 Å². The molecule has 0 bridgehead atoms. The maximum Gasteiger partial charge on any atom is 0.416 e. The lowest BCUT2D eigenvalue weighted by atomic mass is 9.99. The summed E-state index contributed by atoms with van der Waals surface area (Å²) in [4.78, 5) is 11.7. The first-order chi connectivity index (χ1) is 9.94. The van der Waals surface area contributed by atoms with Crippen molar-refractivity contribution in [3.63, 3.8) is 0 Å². The third-order valence-electron chi connectivity index (χ3n) is 2.62. The van der Waals surface area contributed by atoms with Crippen LogP contribution in [0.25, 0.3) is 0 Å². The smallest absolute Gasteiger partial charge is 0.416 e. The van der Waals surface area contributed by atoms with E-state index in [9.17, 15) is 22.4 Å². The molecule has 0 aromatic heterocycles. The molecule has 4 nitrogen and oxygen atoms in total. The van der Waals surface area contributed by atoms with Gasteiger partial charge in [0.25, 0.3) is 0 Å². The van der Waals surface area contributed by atoms with Crippen molar-refractivity contribution >= 4 is 6.09 Å². The summed E-state index contributed by atoms with van der Waals surface area (Å²) in [6, 6.07) is 1.05. The quantitative estimate of drug-likeness (QED) is 0.839. The number of rotatable bonds is 3. The van der Waals surface area contributed by atoms with Gasteiger partial charge in [0.2, 0.25) is 0 Å².